The maximum absolute atomic E-state index is 9.72. The van der Waals surface area contributed by atoms with E-state index in [0.29, 0.717) is 6.04 Å². The lowest BCUT2D eigenvalue weighted by atomic mass is 9.64. The molecule has 0 aliphatic heterocycles. The van der Waals surface area contributed by atoms with Crippen molar-refractivity contribution >= 4 is 11.6 Å². The summed E-state index contributed by atoms with van der Waals surface area (Å²) < 4.78 is 0. The van der Waals surface area contributed by atoms with E-state index in [9.17, 15) is 5.11 Å². The Balaban J connectivity index is 1.98. The molecule has 1 aromatic rings. The van der Waals surface area contributed by atoms with Crippen LogP contribution in [0.1, 0.15) is 33.6 Å². The van der Waals surface area contributed by atoms with Gasteiger partial charge in [-0.1, -0.05) is 26.8 Å². The highest BCUT2D eigenvalue weighted by atomic mass is 16.3. The maximum Gasteiger partial charge on any atom is 0.128 e. The summed E-state index contributed by atoms with van der Waals surface area (Å²) in [6.45, 7) is 7.23. The lowest BCUT2D eigenvalue weighted by Gasteiger charge is -2.49. The number of nitrogens with one attached hydrogen (secondary N) is 2. The van der Waals surface area contributed by atoms with Crippen LogP contribution in [-0.4, -0.2) is 28.8 Å². The Hall–Kier alpha value is -1.29. The zero-order valence-corrected chi connectivity index (χ0v) is 11.4. The van der Waals surface area contributed by atoms with E-state index < -0.39 is 0 Å². The monoisotopic (exact) mass is 249 g/mol. The number of anilines is 2. The van der Waals surface area contributed by atoms with Gasteiger partial charge in [-0.2, -0.15) is 0 Å². The van der Waals surface area contributed by atoms with E-state index in [2.05, 4.69) is 36.4 Å². The standard InChI is InChI=1S/C14H23N3O/c1-4-8-15-12-6-5-7-13(17-12)16-10-9-11(18)14(10,2)3/h5-7,10-11,18H,4,8-9H2,1-3H3,(H2,15,16,17). The Bertz CT molecular complexity index is 406. The molecule has 1 aliphatic carbocycles. The number of nitrogens with zero attached hydrogens (tertiary/aromatic N) is 1. The van der Waals surface area contributed by atoms with Crippen LogP contribution in [0.5, 0.6) is 0 Å². The highest BCUT2D eigenvalue weighted by molar-refractivity contribution is 5.46. The van der Waals surface area contributed by atoms with Crippen molar-refractivity contribution in [2.24, 2.45) is 5.41 Å². The summed E-state index contributed by atoms with van der Waals surface area (Å²) in [5.74, 6) is 1.78. The fourth-order valence-electron chi connectivity index (χ4n) is 2.19. The Kier molecular flexibility index (Phi) is 3.76. The van der Waals surface area contributed by atoms with Crippen molar-refractivity contribution in [1.82, 2.24) is 4.98 Å². The lowest BCUT2D eigenvalue weighted by Crippen LogP contribution is -2.57. The van der Waals surface area contributed by atoms with Gasteiger partial charge in [0.1, 0.15) is 11.6 Å². The Morgan fingerprint density at radius 1 is 1.39 bits per heavy atom. The average molecular weight is 249 g/mol. The summed E-state index contributed by atoms with van der Waals surface area (Å²) in [5.41, 5.74) is -0.0749. The molecule has 0 spiro atoms. The van der Waals surface area contributed by atoms with Gasteiger partial charge < -0.3 is 15.7 Å². The molecule has 0 amide bonds. The minimum atomic E-state index is -0.212. The molecule has 0 aromatic carbocycles. The van der Waals surface area contributed by atoms with Crippen molar-refractivity contribution in [3.05, 3.63) is 18.2 Å². The smallest absolute Gasteiger partial charge is 0.128 e. The van der Waals surface area contributed by atoms with Crippen molar-refractivity contribution in [3.8, 4) is 0 Å². The van der Waals surface area contributed by atoms with Crippen LogP contribution in [0.3, 0.4) is 0 Å². The molecular weight excluding hydrogens is 226 g/mol. The molecule has 0 saturated heterocycles. The van der Waals surface area contributed by atoms with Gasteiger partial charge in [0.05, 0.1) is 6.10 Å². The van der Waals surface area contributed by atoms with Crippen LogP contribution in [0.15, 0.2) is 18.2 Å². The fourth-order valence-corrected chi connectivity index (χ4v) is 2.19. The molecule has 100 valence electrons. The number of aromatic nitrogens is 1. The summed E-state index contributed by atoms with van der Waals surface area (Å²) in [7, 11) is 0. The molecule has 0 radical (unpaired) electrons. The zero-order chi connectivity index (χ0) is 13.2. The summed E-state index contributed by atoms with van der Waals surface area (Å²) >= 11 is 0. The van der Waals surface area contributed by atoms with Crippen molar-refractivity contribution < 1.29 is 5.11 Å². The van der Waals surface area contributed by atoms with Crippen LogP contribution in [0.2, 0.25) is 0 Å². The van der Waals surface area contributed by atoms with E-state index >= 15 is 0 Å². The van der Waals surface area contributed by atoms with Gasteiger partial charge >= 0.3 is 0 Å². The first-order chi connectivity index (χ1) is 8.54. The lowest BCUT2D eigenvalue weighted by molar-refractivity contribution is -0.0511. The summed E-state index contributed by atoms with van der Waals surface area (Å²) in [6.07, 6.45) is 1.67. The van der Waals surface area contributed by atoms with Crippen LogP contribution in [0, 0.1) is 5.41 Å². The number of hydrogen-bond acceptors (Lipinski definition) is 4. The Morgan fingerprint density at radius 3 is 2.72 bits per heavy atom. The minimum Gasteiger partial charge on any atom is -0.392 e. The highest BCUT2D eigenvalue weighted by Gasteiger charge is 2.47. The first-order valence-electron chi connectivity index (χ1n) is 6.69. The molecule has 18 heavy (non-hydrogen) atoms. The van der Waals surface area contributed by atoms with Gasteiger partial charge in [0.15, 0.2) is 0 Å². The van der Waals surface area contributed by atoms with Gasteiger partial charge in [-0.25, -0.2) is 4.98 Å². The first kappa shape index (κ1) is 13.1. The van der Waals surface area contributed by atoms with Crippen molar-refractivity contribution in [2.75, 3.05) is 17.2 Å². The third kappa shape index (κ3) is 2.58. The quantitative estimate of drug-likeness (QED) is 0.750. The van der Waals surface area contributed by atoms with Crippen molar-refractivity contribution in [3.63, 3.8) is 0 Å². The van der Waals surface area contributed by atoms with Crippen LogP contribution in [0.4, 0.5) is 11.6 Å². The average Bonchev–Trinajstić information content (AvgIpc) is 2.36. The highest BCUT2D eigenvalue weighted by Crippen LogP contribution is 2.41. The van der Waals surface area contributed by atoms with Gasteiger partial charge in [0.2, 0.25) is 0 Å². The molecule has 4 heteroatoms. The number of rotatable bonds is 5. The fraction of sp³-hybridized carbons (Fsp3) is 0.643. The molecule has 2 atom stereocenters. The minimum absolute atomic E-state index is 0.0749. The summed E-state index contributed by atoms with van der Waals surface area (Å²) in [6, 6.07) is 6.23. The number of hydrogen-bond donors (Lipinski definition) is 3. The van der Waals surface area contributed by atoms with Crippen LogP contribution >= 0.6 is 0 Å². The molecule has 1 aliphatic rings. The van der Waals surface area contributed by atoms with Crippen LogP contribution in [0.25, 0.3) is 0 Å². The molecule has 2 unspecified atom stereocenters. The molecular formula is C14H23N3O. The molecule has 0 bridgehead atoms. The second-order valence-corrected chi connectivity index (χ2v) is 5.60. The third-order valence-electron chi connectivity index (χ3n) is 3.84. The van der Waals surface area contributed by atoms with Gasteiger partial charge in [0, 0.05) is 18.0 Å². The Morgan fingerprint density at radius 2 is 2.11 bits per heavy atom. The largest absolute Gasteiger partial charge is 0.392 e. The van der Waals surface area contributed by atoms with E-state index in [1.165, 1.54) is 0 Å². The predicted molar refractivity (Wildman–Crippen MR) is 74.8 cm³/mol. The number of pyridine rings is 1. The van der Waals surface area contributed by atoms with Gasteiger partial charge in [0.25, 0.3) is 0 Å². The van der Waals surface area contributed by atoms with E-state index in [0.717, 1.165) is 31.0 Å². The molecule has 3 N–H and O–H groups in total. The van der Waals surface area contributed by atoms with E-state index in [1.807, 2.05) is 18.2 Å². The summed E-state index contributed by atoms with van der Waals surface area (Å²) in [5, 5.41) is 16.4. The molecule has 1 aromatic heterocycles. The second kappa shape index (κ2) is 5.14. The van der Waals surface area contributed by atoms with E-state index in [4.69, 9.17) is 0 Å². The second-order valence-electron chi connectivity index (χ2n) is 5.60. The first-order valence-corrected chi connectivity index (χ1v) is 6.69. The number of aliphatic hydroxyl groups excluding tert-OH is 1. The zero-order valence-electron chi connectivity index (χ0n) is 11.4. The van der Waals surface area contributed by atoms with Gasteiger partial charge in [-0.3, -0.25) is 0 Å². The van der Waals surface area contributed by atoms with E-state index in [1.54, 1.807) is 0 Å². The number of aliphatic hydroxyl groups is 1. The maximum atomic E-state index is 9.72. The Labute approximate surface area is 109 Å². The van der Waals surface area contributed by atoms with E-state index in [-0.39, 0.29) is 11.5 Å². The molecule has 1 fully saturated rings. The molecule has 1 heterocycles. The summed E-state index contributed by atoms with van der Waals surface area (Å²) in [4.78, 5) is 4.52. The van der Waals surface area contributed by atoms with Gasteiger partial charge in [-0.15, -0.1) is 0 Å². The molecule has 1 saturated carbocycles. The topological polar surface area (TPSA) is 57.2 Å². The van der Waals surface area contributed by atoms with Crippen LogP contribution < -0.4 is 10.6 Å². The van der Waals surface area contributed by atoms with Crippen molar-refractivity contribution in [1.29, 1.82) is 0 Å². The normalized spacial score (nSPS) is 25.3. The SMILES string of the molecule is CCCNc1cccc(NC2CC(O)C2(C)C)n1. The third-order valence-corrected chi connectivity index (χ3v) is 3.84. The molecule has 2 rings (SSSR count). The van der Waals surface area contributed by atoms with Crippen LogP contribution in [-0.2, 0) is 0 Å². The predicted octanol–water partition coefficient (Wildman–Crippen LogP) is 2.47. The van der Waals surface area contributed by atoms with Gasteiger partial charge in [-0.05, 0) is 25.0 Å². The van der Waals surface area contributed by atoms with Crippen molar-refractivity contribution in [2.45, 2.75) is 45.8 Å². The molecule has 4 nitrogen and oxygen atoms in total.